The molecule has 0 fully saturated rings. The molecule has 1 aromatic carbocycles. The highest BCUT2D eigenvalue weighted by molar-refractivity contribution is 7.20. The first kappa shape index (κ1) is 19.5. The Morgan fingerprint density at radius 2 is 2.11 bits per heavy atom. The number of thiazole rings is 1. The van der Waals surface area contributed by atoms with Crippen LogP contribution in [0.5, 0.6) is 0 Å². The molecule has 3 rings (SSSR count). The number of esters is 1. The highest BCUT2D eigenvalue weighted by atomic mass is 32.1. The molecule has 28 heavy (non-hydrogen) atoms. The van der Waals surface area contributed by atoms with Crippen LogP contribution in [0.25, 0.3) is 15.3 Å². The van der Waals surface area contributed by atoms with Gasteiger partial charge in [-0.15, -0.1) is 0 Å². The molecule has 9 nitrogen and oxygen atoms in total. The van der Waals surface area contributed by atoms with E-state index in [1.165, 1.54) is 30.1 Å². The molecule has 2 heterocycles. The largest absolute Gasteiger partial charge is 0.469 e. The van der Waals surface area contributed by atoms with Crippen LogP contribution >= 0.6 is 11.3 Å². The molecular weight excluding hydrogens is 382 g/mol. The number of fused-ring (bicyclic) bond motifs is 1. The number of methoxy groups -OCH3 is 1. The maximum Gasteiger partial charge on any atom is 0.311 e. The number of hydrogen-bond donors (Lipinski definition) is 2. The first-order chi connectivity index (χ1) is 13.4. The lowest BCUT2D eigenvalue weighted by atomic mass is 10.1. The summed E-state index contributed by atoms with van der Waals surface area (Å²) >= 11 is 1.34. The number of nitrogens with zero attached hydrogens (tertiary/aromatic N) is 3. The highest BCUT2D eigenvalue weighted by Gasteiger charge is 2.23. The minimum absolute atomic E-state index is 0.141. The monoisotopic (exact) mass is 401 g/mol. The van der Waals surface area contributed by atoms with Crippen LogP contribution in [0, 0.1) is 0 Å². The van der Waals surface area contributed by atoms with E-state index in [1.54, 1.807) is 6.92 Å². The standard InChI is InChI=1S/C18H19N5O4S/c1-4-11(21-20-10(2)24)16-13(9-15(25)27-3)22-23(17(16)26)18-19-12-7-5-6-8-14(12)28-18/h5-8,22H,4,9H2,1-3H3,(H,20,24)/b21-11-. The van der Waals surface area contributed by atoms with Gasteiger partial charge >= 0.3 is 5.97 Å². The Balaban J connectivity index is 2.16. The van der Waals surface area contributed by atoms with Crippen molar-refractivity contribution in [2.24, 2.45) is 5.10 Å². The van der Waals surface area contributed by atoms with Crippen molar-refractivity contribution in [3.63, 3.8) is 0 Å². The molecule has 0 bridgehead atoms. The van der Waals surface area contributed by atoms with Gasteiger partial charge in [-0.2, -0.15) is 9.78 Å². The Labute approximate surface area is 164 Å². The zero-order valence-corrected chi connectivity index (χ0v) is 16.4. The van der Waals surface area contributed by atoms with Gasteiger partial charge in [0.15, 0.2) is 0 Å². The zero-order chi connectivity index (χ0) is 20.3. The quantitative estimate of drug-likeness (QED) is 0.370. The van der Waals surface area contributed by atoms with Crippen LogP contribution in [-0.4, -0.2) is 39.5 Å². The molecular formula is C18H19N5O4S. The van der Waals surface area contributed by atoms with E-state index < -0.39 is 11.5 Å². The average molecular weight is 401 g/mol. The first-order valence-electron chi connectivity index (χ1n) is 8.54. The molecule has 0 atom stereocenters. The van der Waals surface area contributed by atoms with E-state index in [4.69, 9.17) is 4.74 Å². The van der Waals surface area contributed by atoms with Crippen molar-refractivity contribution in [2.75, 3.05) is 7.11 Å². The molecule has 0 aliphatic rings. The molecule has 0 aliphatic heterocycles. The third-order valence-corrected chi connectivity index (χ3v) is 4.98. The van der Waals surface area contributed by atoms with Crippen LogP contribution in [0.3, 0.4) is 0 Å². The number of rotatable bonds is 6. The number of carbonyl (C=O) groups excluding carboxylic acids is 2. The predicted octanol–water partition coefficient (Wildman–Crippen LogP) is 1.74. The van der Waals surface area contributed by atoms with Gasteiger partial charge in [-0.1, -0.05) is 30.4 Å². The number of ether oxygens (including phenoxy) is 1. The zero-order valence-electron chi connectivity index (χ0n) is 15.6. The second-order valence-corrected chi connectivity index (χ2v) is 6.91. The van der Waals surface area contributed by atoms with Gasteiger partial charge in [-0.3, -0.25) is 19.5 Å². The number of H-pyrrole nitrogens is 1. The van der Waals surface area contributed by atoms with Crippen molar-refractivity contribution >= 4 is 39.1 Å². The summed E-state index contributed by atoms with van der Waals surface area (Å²) in [5.41, 5.74) is 3.64. The summed E-state index contributed by atoms with van der Waals surface area (Å²) in [5, 5.41) is 7.43. The fraction of sp³-hybridized carbons (Fsp3) is 0.278. The number of amides is 1. The summed E-state index contributed by atoms with van der Waals surface area (Å²) in [6.07, 6.45) is 0.236. The summed E-state index contributed by atoms with van der Waals surface area (Å²) < 4.78 is 6.95. The normalized spacial score (nSPS) is 11.6. The van der Waals surface area contributed by atoms with Gasteiger partial charge in [0.1, 0.15) is 0 Å². The first-order valence-corrected chi connectivity index (χ1v) is 9.36. The van der Waals surface area contributed by atoms with Gasteiger partial charge in [0, 0.05) is 6.92 Å². The van der Waals surface area contributed by atoms with Gasteiger partial charge in [0.05, 0.1) is 40.7 Å². The van der Waals surface area contributed by atoms with Gasteiger partial charge in [0.2, 0.25) is 11.0 Å². The van der Waals surface area contributed by atoms with E-state index in [2.05, 4.69) is 20.6 Å². The molecule has 0 unspecified atom stereocenters. The fourth-order valence-electron chi connectivity index (χ4n) is 2.67. The minimum Gasteiger partial charge on any atom is -0.469 e. The maximum atomic E-state index is 13.1. The number of aromatic nitrogens is 3. The molecule has 0 saturated heterocycles. The third kappa shape index (κ3) is 3.86. The number of para-hydroxylation sites is 1. The molecule has 2 aromatic heterocycles. The van der Waals surface area contributed by atoms with Crippen LogP contribution in [0.4, 0.5) is 0 Å². The van der Waals surface area contributed by atoms with E-state index in [9.17, 15) is 14.4 Å². The van der Waals surface area contributed by atoms with Crippen molar-refractivity contribution in [1.82, 2.24) is 20.2 Å². The van der Waals surface area contributed by atoms with Gasteiger partial charge in [-0.05, 0) is 18.6 Å². The molecule has 3 aromatic rings. The van der Waals surface area contributed by atoms with E-state index in [0.29, 0.717) is 23.0 Å². The highest BCUT2D eigenvalue weighted by Crippen LogP contribution is 2.24. The minimum atomic E-state index is -0.506. The van der Waals surface area contributed by atoms with Crippen LogP contribution in [0.15, 0.2) is 34.2 Å². The Morgan fingerprint density at radius 1 is 1.36 bits per heavy atom. The maximum absolute atomic E-state index is 13.1. The number of benzene rings is 1. The van der Waals surface area contributed by atoms with Crippen LogP contribution in [0.2, 0.25) is 0 Å². The van der Waals surface area contributed by atoms with E-state index in [0.717, 1.165) is 10.2 Å². The summed E-state index contributed by atoms with van der Waals surface area (Å²) in [4.78, 5) is 40.7. The predicted molar refractivity (Wildman–Crippen MR) is 106 cm³/mol. The SMILES string of the molecule is CC/C(=N/NC(C)=O)c1c(CC(=O)OC)[nH]n(-c2nc3ccccc3s2)c1=O. The van der Waals surface area contributed by atoms with E-state index in [-0.39, 0.29) is 17.9 Å². The summed E-state index contributed by atoms with van der Waals surface area (Å²) in [6.45, 7) is 3.12. The van der Waals surface area contributed by atoms with Crippen molar-refractivity contribution in [2.45, 2.75) is 26.7 Å². The van der Waals surface area contributed by atoms with Crippen molar-refractivity contribution in [3.05, 3.63) is 45.9 Å². The summed E-state index contributed by atoms with van der Waals surface area (Å²) in [7, 11) is 1.27. The number of hydrogen-bond acceptors (Lipinski definition) is 7. The van der Waals surface area contributed by atoms with Crippen LogP contribution < -0.4 is 11.0 Å². The smallest absolute Gasteiger partial charge is 0.311 e. The van der Waals surface area contributed by atoms with E-state index >= 15 is 0 Å². The fourth-order valence-corrected chi connectivity index (χ4v) is 3.60. The van der Waals surface area contributed by atoms with Crippen molar-refractivity contribution < 1.29 is 14.3 Å². The van der Waals surface area contributed by atoms with Crippen LogP contribution in [0.1, 0.15) is 31.5 Å². The lowest BCUT2D eigenvalue weighted by Gasteiger charge is -2.03. The summed E-state index contributed by atoms with van der Waals surface area (Å²) in [6, 6.07) is 7.53. The van der Waals surface area contributed by atoms with Crippen molar-refractivity contribution in [3.8, 4) is 5.13 Å². The van der Waals surface area contributed by atoms with Gasteiger partial charge in [-0.25, -0.2) is 10.4 Å². The molecule has 2 N–H and O–H groups in total. The summed E-state index contributed by atoms with van der Waals surface area (Å²) in [5.74, 6) is -0.864. The molecule has 0 saturated carbocycles. The molecule has 0 radical (unpaired) electrons. The number of hydrazone groups is 1. The lowest BCUT2D eigenvalue weighted by molar-refractivity contribution is -0.139. The Bertz CT molecular complexity index is 1090. The molecule has 0 spiro atoms. The topological polar surface area (TPSA) is 118 Å². The Kier molecular flexibility index (Phi) is 5.69. The average Bonchev–Trinajstić information content (AvgIpc) is 3.24. The Hall–Kier alpha value is -3.27. The molecule has 146 valence electrons. The molecule has 1 amide bonds. The second-order valence-electron chi connectivity index (χ2n) is 5.90. The molecule has 10 heteroatoms. The van der Waals surface area contributed by atoms with Gasteiger partial charge < -0.3 is 4.74 Å². The van der Waals surface area contributed by atoms with E-state index in [1.807, 2.05) is 24.3 Å². The van der Waals surface area contributed by atoms with Crippen molar-refractivity contribution in [1.29, 1.82) is 0 Å². The number of carbonyl (C=O) groups is 2. The Morgan fingerprint density at radius 3 is 2.75 bits per heavy atom. The molecule has 0 aliphatic carbocycles. The second kappa shape index (κ2) is 8.17. The number of nitrogens with one attached hydrogen (secondary N) is 2. The number of aromatic amines is 1. The van der Waals surface area contributed by atoms with Crippen LogP contribution in [-0.2, 0) is 20.7 Å². The lowest BCUT2D eigenvalue weighted by Crippen LogP contribution is -2.23. The third-order valence-electron chi connectivity index (χ3n) is 3.96. The van der Waals surface area contributed by atoms with Gasteiger partial charge in [0.25, 0.3) is 5.56 Å².